The molecule has 1 heterocycles. The Morgan fingerprint density at radius 3 is 1.74 bits per heavy atom. The lowest BCUT2D eigenvalue weighted by Crippen LogP contribution is -2.02. The van der Waals surface area contributed by atoms with E-state index < -0.39 is 5.97 Å². The molecule has 0 unspecified atom stereocenters. The van der Waals surface area contributed by atoms with Crippen molar-refractivity contribution in [2.45, 2.75) is 29.9 Å². The number of nitrogens with zero attached hydrogens (tertiary/aromatic N) is 2. The molecule has 0 N–H and O–H groups in total. The molecule has 1 aliphatic rings. The number of carbonyl (C=O) groups excluding carboxylic acids is 1. The van der Waals surface area contributed by atoms with E-state index in [9.17, 15) is 15.3 Å². The predicted octanol–water partition coefficient (Wildman–Crippen LogP) is 6.40. The van der Waals surface area contributed by atoms with E-state index in [0.29, 0.717) is 27.9 Å². The predicted molar refractivity (Wildman–Crippen MR) is 134 cm³/mol. The van der Waals surface area contributed by atoms with Gasteiger partial charge in [-0.2, -0.15) is 10.5 Å². The molecule has 0 aliphatic carbocycles. The monoisotopic (exact) mass is 500 g/mol. The lowest BCUT2D eigenvalue weighted by atomic mass is 10.1. The smallest absolute Gasteiger partial charge is 0.337 e. The van der Waals surface area contributed by atoms with Crippen LogP contribution in [0.3, 0.4) is 0 Å². The van der Waals surface area contributed by atoms with Gasteiger partial charge in [-0.05, 0) is 42.3 Å². The van der Waals surface area contributed by atoms with Gasteiger partial charge in [0.05, 0.1) is 26.7 Å². The van der Waals surface area contributed by atoms with Gasteiger partial charge in [-0.25, -0.2) is 4.79 Å². The number of hydrogen-bond donors (Lipinski definition) is 0. The molecule has 0 spiro atoms. The van der Waals surface area contributed by atoms with E-state index in [1.165, 1.54) is 36.2 Å². The molecular weight excluding hydrogens is 480 g/mol. The zero-order chi connectivity index (χ0) is 24.8. The number of methoxy groups -OCH3 is 1. The van der Waals surface area contributed by atoms with Crippen molar-refractivity contribution in [3.05, 3.63) is 92.7 Å². The zero-order valence-electron chi connectivity index (χ0n) is 19.0. The van der Waals surface area contributed by atoms with Gasteiger partial charge in [-0.3, -0.25) is 0 Å². The molecule has 0 radical (unpaired) electrons. The molecule has 0 saturated heterocycles. The lowest BCUT2D eigenvalue weighted by Gasteiger charge is -2.14. The van der Waals surface area contributed by atoms with Gasteiger partial charge in [0.2, 0.25) is 0 Å². The van der Waals surface area contributed by atoms with Crippen LogP contribution < -0.4 is 9.47 Å². The van der Waals surface area contributed by atoms with Gasteiger partial charge in [-0.15, -0.1) is 0 Å². The second-order valence-corrected chi connectivity index (χ2v) is 9.86. The number of nitriles is 2. The summed E-state index contributed by atoms with van der Waals surface area (Å²) < 4.78 is 17.5. The highest BCUT2D eigenvalue weighted by Crippen LogP contribution is 2.58. The first-order chi connectivity index (χ1) is 17.0. The Morgan fingerprint density at radius 2 is 1.29 bits per heavy atom. The minimum Gasteiger partial charge on any atom is -0.488 e. The number of thioether (sulfide) groups is 2. The Kier molecular flexibility index (Phi) is 7.67. The van der Waals surface area contributed by atoms with Crippen LogP contribution in [0.4, 0.5) is 0 Å². The van der Waals surface area contributed by atoms with Crippen molar-refractivity contribution in [2.24, 2.45) is 0 Å². The van der Waals surface area contributed by atoms with E-state index in [4.69, 9.17) is 14.2 Å². The average molecular weight is 501 g/mol. The largest absolute Gasteiger partial charge is 0.488 e. The van der Waals surface area contributed by atoms with Crippen molar-refractivity contribution in [1.82, 2.24) is 0 Å². The average Bonchev–Trinajstić information content (AvgIpc) is 3.33. The molecular formula is C27H20N2O4S2. The molecule has 0 fully saturated rings. The van der Waals surface area contributed by atoms with E-state index in [1.54, 1.807) is 12.1 Å². The molecule has 4 rings (SSSR count). The highest BCUT2D eigenvalue weighted by atomic mass is 32.2. The Balaban J connectivity index is 1.57. The molecule has 0 atom stereocenters. The van der Waals surface area contributed by atoms with Crippen LogP contribution in [0.1, 0.15) is 27.0 Å². The third-order valence-corrected chi connectivity index (χ3v) is 7.77. The van der Waals surface area contributed by atoms with E-state index in [2.05, 4.69) is 0 Å². The molecule has 8 heteroatoms. The maximum atomic E-state index is 11.6. The Labute approximate surface area is 212 Å². The molecule has 35 heavy (non-hydrogen) atoms. The number of rotatable bonds is 7. The highest BCUT2D eigenvalue weighted by molar-refractivity contribution is 8.24. The number of aryl methyl sites for hydroxylation is 1. The summed E-state index contributed by atoms with van der Waals surface area (Å²) in [4.78, 5) is 13.3. The minimum atomic E-state index is -0.393. The number of esters is 1. The fourth-order valence-corrected chi connectivity index (χ4v) is 5.75. The fourth-order valence-electron chi connectivity index (χ4n) is 3.23. The van der Waals surface area contributed by atoms with Gasteiger partial charge in [-0.1, -0.05) is 65.5 Å². The Hall–Kier alpha value is -3.85. The zero-order valence-corrected chi connectivity index (χ0v) is 20.7. The van der Waals surface area contributed by atoms with E-state index in [1.807, 2.05) is 67.6 Å². The van der Waals surface area contributed by atoms with Crippen molar-refractivity contribution < 1.29 is 19.0 Å². The first kappa shape index (κ1) is 24.3. The summed E-state index contributed by atoms with van der Waals surface area (Å²) in [5, 5.41) is 18.7. The number of hydrogen-bond acceptors (Lipinski definition) is 8. The molecule has 6 nitrogen and oxygen atoms in total. The maximum absolute atomic E-state index is 11.6. The molecule has 0 aromatic heterocycles. The topological polar surface area (TPSA) is 92.3 Å². The SMILES string of the molecule is COC(=O)c1ccc(COc2ccc(OCc3ccc(C)cc3)c3c2SC(=C(C#N)C#N)S3)cc1. The van der Waals surface area contributed by atoms with Gasteiger partial charge < -0.3 is 14.2 Å². The summed E-state index contributed by atoms with van der Waals surface area (Å²) in [6.07, 6.45) is 0. The number of fused-ring (bicyclic) bond motifs is 1. The van der Waals surface area contributed by atoms with Gasteiger partial charge in [0.15, 0.2) is 0 Å². The van der Waals surface area contributed by atoms with Crippen LogP contribution in [-0.4, -0.2) is 13.1 Å². The first-order valence-corrected chi connectivity index (χ1v) is 12.2. The molecule has 0 bridgehead atoms. The molecule has 174 valence electrons. The van der Waals surface area contributed by atoms with E-state index in [-0.39, 0.29) is 12.2 Å². The van der Waals surface area contributed by atoms with Crippen molar-refractivity contribution in [3.63, 3.8) is 0 Å². The number of ether oxygens (including phenoxy) is 3. The van der Waals surface area contributed by atoms with Crippen molar-refractivity contribution in [3.8, 4) is 23.6 Å². The molecule has 3 aromatic rings. The lowest BCUT2D eigenvalue weighted by molar-refractivity contribution is 0.0600. The summed E-state index contributed by atoms with van der Waals surface area (Å²) in [6.45, 7) is 2.71. The fraction of sp³-hybridized carbons (Fsp3) is 0.148. The number of benzene rings is 3. The molecule has 1 aliphatic heterocycles. The van der Waals surface area contributed by atoms with Crippen LogP contribution in [0.5, 0.6) is 11.5 Å². The highest BCUT2D eigenvalue weighted by Gasteiger charge is 2.28. The van der Waals surface area contributed by atoms with Crippen molar-refractivity contribution in [1.29, 1.82) is 10.5 Å². The van der Waals surface area contributed by atoms with E-state index in [0.717, 1.165) is 20.9 Å². The standard InChI is InChI=1S/C27H20N2O4S2/c1-17-3-5-18(6-4-17)15-32-22-11-12-23(25-24(22)34-27(35-25)21(13-28)14-29)33-16-19-7-9-20(10-8-19)26(30)31-2/h3-12H,15-16H2,1-2H3. The van der Waals surface area contributed by atoms with Gasteiger partial charge >= 0.3 is 5.97 Å². The Bertz CT molecular complexity index is 1350. The third kappa shape index (κ3) is 5.63. The second kappa shape index (κ2) is 11.1. The summed E-state index contributed by atoms with van der Waals surface area (Å²) in [7, 11) is 1.34. The van der Waals surface area contributed by atoms with E-state index >= 15 is 0 Å². The minimum absolute atomic E-state index is 0.0602. The normalized spacial score (nSPS) is 11.7. The summed E-state index contributed by atoms with van der Waals surface area (Å²) in [6, 6.07) is 22.7. The second-order valence-electron chi connectivity index (χ2n) is 7.56. The van der Waals surface area contributed by atoms with Crippen LogP contribution in [0.25, 0.3) is 0 Å². The maximum Gasteiger partial charge on any atom is 0.337 e. The summed E-state index contributed by atoms with van der Waals surface area (Å²) in [5.74, 6) is 0.899. The van der Waals surface area contributed by atoms with Gasteiger partial charge in [0.1, 0.15) is 42.4 Å². The summed E-state index contributed by atoms with van der Waals surface area (Å²) in [5.41, 5.74) is 3.63. The van der Waals surface area contributed by atoms with Crippen LogP contribution in [0, 0.1) is 29.6 Å². The van der Waals surface area contributed by atoms with Gasteiger partial charge in [0, 0.05) is 0 Å². The summed E-state index contributed by atoms with van der Waals surface area (Å²) >= 11 is 2.68. The van der Waals surface area contributed by atoms with Crippen LogP contribution in [-0.2, 0) is 18.0 Å². The van der Waals surface area contributed by atoms with Crippen molar-refractivity contribution in [2.75, 3.05) is 7.11 Å². The third-order valence-electron chi connectivity index (χ3n) is 5.14. The van der Waals surface area contributed by atoms with Gasteiger partial charge in [0.25, 0.3) is 0 Å². The number of allylic oxidation sites excluding steroid dienone is 1. The molecule has 0 saturated carbocycles. The molecule has 3 aromatic carbocycles. The van der Waals surface area contributed by atoms with Crippen LogP contribution in [0.15, 0.2) is 80.3 Å². The Morgan fingerprint density at radius 1 is 0.800 bits per heavy atom. The van der Waals surface area contributed by atoms with Crippen molar-refractivity contribution >= 4 is 29.5 Å². The number of carbonyl (C=O) groups is 1. The quantitative estimate of drug-likeness (QED) is 0.272. The van der Waals surface area contributed by atoms with Crippen LogP contribution >= 0.6 is 23.5 Å². The van der Waals surface area contributed by atoms with Crippen LogP contribution in [0.2, 0.25) is 0 Å². The molecule has 0 amide bonds. The first-order valence-electron chi connectivity index (χ1n) is 10.6.